The van der Waals surface area contributed by atoms with Gasteiger partial charge >= 0.3 is 0 Å². The van der Waals surface area contributed by atoms with Crippen LogP contribution in [0.1, 0.15) is 22.8 Å². The maximum absolute atomic E-state index is 13.3. The summed E-state index contributed by atoms with van der Waals surface area (Å²) in [7, 11) is 0. The van der Waals surface area contributed by atoms with Gasteiger partial charge < -0.3 is 5.32 Å². The van der Waals surface area contributed by atoms with E-state index in [4.69, 9.17) is 23.2 Å². The van der Waals surface area contributed by atoms with Gasteiger partial charge in [0.2, 0.25) is 0 Å². The molecule has 9 heteroatoms. The van der Waals surface area contributed by atoms with Gasteiger partial charge in [-0.15, -0.1) is 0 Å². The summed E-state index contributed by atoms with van der Waals surface area (Å²) in [6, 6.07) is 15.6. The van der Waals surface area contributed by atoms with Crippen LogP contribution < -0.4 is 10.9 Å². The molecule has 0 bridgehead atoms. The number of anilines is 1. The second-order valence-electron chi connectivity index (χ2n) is 7.68. The molecule has 0 spiro atoms. The van der Waals surface area contributed by atoms with Crippen LogP contribution in [0.15, 0.2) is 58.9 Å². The van der Waals surface area contributed by atoms with Gasteiger partial charge in [-0.05, 0) is 68.8 Å². The molecule has 34 heavy (non-hydrogen) atoms. The highest BCUT2D eigenvalue weighted by atomic mass is 35.5. The van der Waals surface area contributed by atoms with Gasteiger partial charge in [0.25, 0.3) is 11.5 Å². The molecule has 2 aromatic carbocycles. The lowest BCUT2D eigenvalue weighted by atomic mass is 10.1. The monoisotopic (exact) mass is 491 g/mol. The number of carbonyl (C=O) groups is 1. The summed E-state index contributed by atoms with van der Waals surface area (Å²) in [5.74, 6) is -0.0784. The number of nitriles is 1. The molecular formula is C25H19Cl2N5O2. The lowest BCUT2D eigenvalue weighted by Crippen LogP contribution is -2.30. The number of fused-ring (bicyclic) bond motifs is 1. The number of hydrogen-bond donors (Lipinski definition) is 1. The molecule has 1 N–H and O–H groups in total. The van der Waals surface area contributed by atoms with E-state index < -0.39 is 5.91 Å². The van der Waals surface area contributed by atoms with Crippen LogP contribution in [-0.4, -0.2) is 20.2 Å². The first-order chi connectivity index (χ1) is 16.2. The maximum Gasteiger partial charge on any atom is 0.280 e. The smallest absolute Gasteiger partial charge is 0.280 e. The Hall–Kier alpha value is -3.86. The molecule has 0 fully saturated rings. The zero-order chi connectivity index (χ0) is 24.6. The highest BCUT2D eigenvalue weighted by Gasteiger charge is 2.17. The summed E-state index contributed by atoms with van der Waals surface area (Å²) >= 11 is 11.9. The summed E-state index contributed by atoms with van der Waals surface area (Å²) in [6.07, 6.45) is 1.49. The number of halogens is 2. The standard InChI is InChI=1S/C25H19Cl2N5O2/c1-14-10-17(11-18(13-28)24(33)30-19-8-9-21(26)22(27)12-19)15(2)31(14)32-16(3)29-23-7-5-4-6-20(23)25(32)34/h4-12H,1-3H3,(H,30,33). The van der Waals surface area contributed by atoms with Gasteiger partial charge in [0.15, 0.2) is 0 Å². The molecule has 0 radical (unpaired) electrons. The van der Waals surface area contributed by atoms with E-state index in [2.05, 4.69) is 10.3 Å². The number of amides is 1. The van der Waals surface area contributed by atoms with Crippen molar-refractivity contribution in [2.45, 2.75) is 20.8 Å². The molecule has 0 atom stereocenters. The second-order valence-corrected chi connectivity index (χ2v) is 8.50. The number of carbonyl (C=O) groups excluding carboxylic acids is 1. The van der Waals surface area contributed by atoms with Crippen LogP contribution in [0.2, 0.25) is 10.0 Å². The zero-order valence-corrected chi connectivity index (χ0v) is 20.1. The van der Waals surface area contributed by atoms with Crippen molar-refractivity contribution in [2.75, 3.05) is 5.32 Å². The Morgan fingerprint density at radius 1 is 1.06 bits per heavy atom. The molecule has 0 saturated heterocycles. The molecule has 7 nitrogen and oxygen atoms in total. The van der Waals surface area contributed by atoms with Crippen LogP contribution in [0.25, 0.3) is 17.0 Å². The lowest BCUT2D eigenvalue weighted by Gasteiger charge is -2.16. The largest absolute Gasteiger partial charge is 0.321 e. The number of nitrogens with one attached hydrogen (secondary N) is 1. The van der Waals surface area contributed by atoms with E-state index in [9.17, 15) is 14.9 Å². The first-order valence-electron chi connectivity index (χ1n) is 10.3. The fourth-order valence-electron chi connectivity index (χ4n) is 3.78. The number of benzene rings is 2. The third-order valence-corrected chi connectivity index (χ3v) is 6.13. The third kappa shape index (κ3) is 4.21. The van der Waals surface area contributed by atoms with E-state index in [0.717, 1.165) is 5.69 Å². The summed E-state index contributed by atoms with van der Waals surface area (Å²) in [5.41, 5.74) is 2.76. The van der Waals surface area contributed by atoms with Gasteiger partial charge in [-0.25, -0.2) is 4.98 Å². The summed E-state index contributed by atoms with van der Waals surface area (Å²) in [5, 5.41) is 13.4. The van der Waals surface area contributed by atoms with E-state index >= 15 is 0 Å². The minimum Gasteiger partial charge on any atom is -0.321 e. The van der Waals surface area contributed by atoms with E-state index in [1.54, 1.807) is 48.0 Å². The highest BCUT2D eigenvalue weighted by Crippen LogP contribution is 2.26. The Morgan fingerprint density at radius 3 is 2.50 bits per heavy atom. The van der Waals surface area contributed by atoms with Crippen molar-refractivity contribution in [3.8, 4) is 6.07 Å². The summed E-state index contributed by atoms with van der Waals surface area (Å²) in [4.78, 5) is 30.5. The molecule has 0 aliphatic rings. The fourth-order valence-corrected chi connectivity index (χ4v) is 4.08. The van der Waals surface area contributed by atoms with E-state index in [-0.39, 0.29) is 16.2 Å². The van der Waals surface area contributed by atoms with Crippen molar-refractivity contribution >= 4 is 51.8 Å². The van der Waals surface area contributed by atoms with Crippen LogP contribution in [0.4, 0.5) is 5.69 Å². The molecule has 2 heterocycles. The number of aryl methyl sites for hydroxylation is 2. The van der Waals surface area contributed by atoms with Gasteiger partial charge in [-0.2, -0.15) is 9.94 Å². The fraction of sp³-hybridized carbons (Fsp3) is 0.120. The number of nitrogens with zero attached hydrogens (tertiary/aromatic N) is 4. The van der Waals surface area contributed by atoms with Crippen molar-refractivity contribution in [1.82, 2.24) is 14.3 Å². The van der Waals surface area contributed by atoms with E-state index in [1.165, 1.54) is 16.8 Å². The molecule has 0 aliphatic heterocycles. The minimum absolute atomic E-state index is 0.105. The third-order valence-electron chi connectivity index (χ3n) is 5.39. The van der Waals surface area contributed by atoms with Crippen LogP contribution >= 0.6 is 23.2 Å². The average molecular weight is 492 g/mol. The molecule has 2 aromatic heterocycles. The van der Waals surface area contributed by atoms with Gasteiger partial charge in [-0.1, -0.05) is 35.3 Å². The van der Waals surface area contributed by atoms with Crippen molar-refractivity contribution in [1.29, 1.82) is 5.26 Å². The second kappa shape index (κ2) is 9.18. The van der Waals surface area contributed by atoms with Gasteiger partial charge in [0, 0.05) is 17.1 Å². The summed E-state index contributed by atoms with van der Waals surface area (Å²) in [6.45, 7) is 5.41. The molecule has 0 unspecified atom stereocenters. The predicted molar refractivity (Wildman–Crippen MR) is 134 cm³/mol. The number of para-hydroxylation sites is 1. The van der Waals surface area contributed by atoms with Crippen LogP contribution in [0.3, 0.4) is 0 Å². The molecule has 0 aliphatic carbocycles. The van der Waals surface area contributed by atoms with Gasteiger partial charge in [-0.3, -0.25) is 14.3 Å². The first kappa shape index (κ1) is 23.3. The molecule has 0 saturated carbocycles. The highest BCUT2D eigenvalue weighted by molar-refractivity contribution is 6.42. The number of hydrogen-bond acceptors (Lipinski definition) is 4. The van der Waals surface area contributed by atoms with E-state index in [0.29, 0.717) is 38.7 Å². The van der Waals surface area contributed by atoms with Crippen molar-refractivity contribution < 1.29 is 4.79 Å². The summed E-state index contributed by atoms with van der Waals surface area (Å²) < 4.78 is 3.22. The zero-order valence-electron chi connectivity index (χ0n) is 18.6. The lowest BCUT2D eigenvalue weighted by molar-refractivity contribution is -0.112. The Balaban J connectivity index is 1.75. The Kier molecular flexibility index (Phi) is 6.29. The molecular weight excluding hydrogens is 473 g/mol. The molecule has 4 rings (SSSR count). The Labute approximate surface area is 205 Å². The van der Waals surface area contributed by atoms with Crippen molar-refractivity contribution in [3.05, 3.63) is 97.3 Å². The van der Waals surface area contributed by atoms with Gasteiger partial charge in [0.05, 0.1) is 20.9 Å². The van der Waals surface area contributed by atoms with Gasteiger partial charge in [0.1, 0.15) is 17.5 Å². The SMILES string of the molecule is Cc1cc(C=C(C#N)C(=O)Nc2ccc(Cl)c(Cl)c2)c(C)n1-n1c(C)nc2ccccc2c1=O. The normalized spacial score (nSPS) is 11.5. The van der Waals surface area contributed by atoms with E-state index in [1.807, 2.05) is 26.0 Å². The quantitative estimate of drug-likeness (QED) is 0.310. The minimum atomic E-state index is -0.591. The van der Waals surface area contributed by atoms with Crippen LogP contribution in [-0.2, 0) is 4.79 Å². The Morgan fingerprint density at radius 2 is 1.79 bits per heavy atom. The first-order valence-corrected chi connectivity index (χ1v) is 11.0. The van der Waals surface area contributed by atoms with Crippen molar-refractivity contribution in [2.24, 2.45) is 0 Å². The topological polar surface area (TPSA) is 92.7 Å². The van der Waals surface area contributed by atoms with Crippen molar-refractivity contribution in [3.63, 3.8) is 0 Å². The molecule has 4 aromatic rings. The average Bonchev–Trinajstić information content (AvgIpc) is 3.07. The maximum atomic E-state index is 13.3. The number of aromatic nitrogens is 3. The van der Waals surface area contributed by atoms with Crippen LogP contribution in [0, 0.1) is 32.1 Å². The Bertz CT molecular complexity index is 1590. The predicted octanol–water partition coefficient (Wildman–Crippen LogP) is 5.29. The number of rotatable bonds is 4. The molecule has 1 amide bonds. The molecule has 170 valence electrons. The van der Waals surface area contributed by atoms with Crippen LogP contribution in [0.5, 0.6) is 0 Å².